The number of hydrogen-bond donors (Lipinski definition) is 3. The Bertz CT molecular complexity index is 148. The summed E-state index contributed by atoms with van der Waals surface area (Å²) >= 11 is 0. The lowest BCUT2D eigenvalue weighted by molar-refractivity contribution is -0.175. The number of rotatable bonds is 3. The van der Waals surface area contributed by atoms with E-state index in [9.17, 15) is 9.90 Å². The van der Waals surface area contributed by atoms with Crippen molar-refractivity contribution in [2.75, 3.05) is 7.11 Å². The van der Waals surface area contributed by atoms with Gasteiger partial charge in [-0.15, -0.1) is 0 Å². The molecule has 0 spiro atoms. The van der Waals surface area contributed by atoms with E-state index in [1.165, 1.54) is 6.92 Å². The third kappa shape index (κ3) is 1.89. The topological polar surface area (TPSA) is 92.8 Å². The van der Waals surface area contributed by atoms with Gasteiger partial charge in [0.05, 0.1) is 7.11 Å². The molecule has 0 aliphatic rings. The molecular weight excluding hydrogens is 150 g/mol. The monoisotopic (exact) mass is 163 g/mol. The second-order valence-electron chi connectivity index (χ2n) is 2.21. The molecule has 0 radical (unpaired) electrons. The molecule has 2 unspecified atom stereocenters. The van der Waals surface area contributed by atoms with Gasteiger partial charge < -0.3 is 20.7 Å². The predicted molar refractivity (Wildman–Crippen MR) is 37.5 cm³/mol. The van der Waals surface area contributed by atoms with Gasteiger partial charge >= 0.3 is 5.97 Å². The highest BCUT2D eigenvalue weighted by Crippen LogP contribution is 2.13. The van der Waals surface area contributed by atoms with Gasteiger partial charge in [-0.3, -0.25) is 0 Å². The molecule has 0 aromatic rings. The van der Waals surface area contributed by atoms with Crippen LogP contribution >= 0.6 is 0 Å². The molecule has 5 nitrogen and oxygen atoms in total. The van der Waals surface area contributed by atoms with E-state index in [4.69, 9.17) is 10.8 Å². The van der Waals surface area contributed by atoms with Crippen molar-refractivity contribution in [3.05, 3.63) is 0 Å². The number of hydrogen-bond acceptors (Lipinski definition) is 5. The molecule has 0 aromatic heterocycles. The summed E-state index contributed by atoms with van der Waals surface area (Å²) in [6.45, 7) is 1.52. The largest absolute Gasteiger partial charge is 0.467 e. The van der Waals surface area contributed by atoms with E-state index in [-0.39, 0.29) is 6.42 Å². The van der Waals surface area contributed by atoms with Crippen LogP contribution in [0.1, 0.15) is 13.3 Å². The number of methoxy groups -OCH3 is 1. The molecule has 0 saturated carbocycles. The predicted octanol–water partition coefficient (Wildman–Crippen LogP) is -1.42. The summed E-state index contributed by atoms with van der Waals surface area (Å²) in [5, 5.41) is 18.1. The highest BCUT2D eigenvalue weighted by Gasteiger charge is 2.40. The highest BCUT2D eigenvalue weighted by atomic mass is 16.5. The van der Waals surface area contributed by atoms with Gasteiger partial charge in [-0.05, 0) is 6.42 Å². The first kappa shape index (κ1) is 10.3. The van der Waals surface area contributed by atoms with Crippen molar-refractivity contribution < 1.29 is 19.7 Å². The normalized spacial score (nSPS) is 18.6. The minimum Gasteiger partial charge on any atom is -0.467 e. The first-order valence-corrected chi connectivity index (χ1v) is 3.23. The second-order valence-corrected chi connectivity index (χ2v) is 2.21. The SMILES string of the molecule is CCC(O)(C(=O)OC)C(N)O. The zero-order chi connectivity index (χ0) is 9.07. The summed E-state index contributed by atoms with van der Waals surface area (Å²) in [5.41, 5.74) is 2.99. The molecule has 66 valence electrons. The Labute approximate surface area is 64.8 Å². The summed E-state index contributed by atoms with van der Waals surface area (Å²) in [6.07, 6.45) is -1.60. The fourth-order valence-electron chi connectivity index (χ4n) is 0.651. The molecular formula is C6H13NO4. The lowest BCUT2D eigenvalue weighted by Crippen LogP contribution is -2.54. The number of ether oxygens (including phenoxy) is 1. The minimum absolute atomic E-state index is 0.0112. The van der Waals surface area contributed by atoms with Crippen LogP contribution in [0.15, 0.2) is 0 Å². The smallest absolute Gasteiger partial charge is 0.342 e. The molecule has 0 aliphatic heterocycles. The molecule has 0 bridgehead atoms. The van der Waals surface area contributed by atoms with E-state index in [0.29, 0.717) is 0 Å². The second kappa shape index (κ2) is 3.66. The van der Waals surface area contributed by atoms with Crippen molar-refractivity contribution in [3.63, 3.8) is 0 Å². The maximum Gasteiger partial charge on any atom is 0.342 e. The van der Waals surface area contributed by atoms with E-state index in [1.807, 2.05) is 0 Å². The van der Waals surface area contributed by atoms with Crippen LogP contribution in [0.25, 0.3) is 0 Å². The van der Waals surface area contributed by atoms with Crippen molar-refractivity contribution in [2.24, 2.45) is 5.73 Å². The lowest BCUT2D eigenvalue weighted by atomic mass is 9.99. The van der Waals surface area contributed by atoms with Gasteiger partial charge in [0.15, 0.2) is 0 Å². The van der Waals surface area contributed by atoms with Crippen LogP contribution in [0.2, 0.25) is 0 Å². The Morgan fingerprint density at radius 3 is 2.36 bits per heavy atom. The first-order chi connectivity index (χ1) is 4.99. The molecule has 5 heteroatoms. The fourth-order valence-corrected chi connectivity index (χ4v) is 0.651. The van der Waals surface area contributed by atoms with E-state index in [1.54, 1.807) is 0 Å². The number of nitrogens with two attached hydrogens (primary N) is 1. The maximum atomic E-state index is 10.8. The summed E-state index contributed by atoms with van der Waals surface area (Å²) in [4.78, 5) is 10.8. The number of carbonyl (C=O) groups excluding carboxylic acids is 1. The molecule has 0 heterocycles. The average molecular weight is 163 g/mol. The first-order valence-electron chi connectivity index (χ1n) is 3.23. The Morgan fingerprint density at radius 1 is 1.82 bits per heavy atom. The number of aliphatic hydroxyl groups is 2. The van der Waals surface area contributed by atoms with E-state index in [2.05, 4.69) is 4.74 Å². The van der Waals surface area contributed by atoms with Crippen molar-refractivity contribution in [3.8, 4) is 0 Å². The standard InChI is InChI=1S/C6H13NO4/c1-3-6(10,4(7)8)5(9)11-2/h4,8,10H,3,7H2,1-2H3. The molecule has 2 atom stereocenters. The molecule has 0 aromatic carbocycles. The van der Waals surface area contributed by atoms with Gasteiger partial charge in [-0.2, -0.15) is 0 Å². The number of esters is 1. The van der Waals surface area contributed by atoms with E-state index in [0.717, 1.165) is 7.11 Å². The molecule has 0 amide bonds. The van der Waals surface area contributed by atoms with Gasteiger partial charge in [0.1, 0.15) is 6.23 Å². The zero-order valence-electron chi connectivity index (χ0n) is 6.57. The molecule has 0 saturated heterocycles. The van der Waals surface area contributed by atoms with Crippen molar-refractivity contribution in [1.82, 2.24) is 0 Å². The maximum absolute atomic E-state index is 10.8. The van der Waals surface area contributed by atoms with Crippen LogP contribution in [0, 0.1) is 0 Å². The van der Waals surface area contributed by atoms with Crippen LogP contribution in [0.3, 0.4) is 0 Å². The number of carbonyl (C=O) groups is 1. The third-order valence-electron chi connectivity index (χ3n) is 1.57. The molecule has 4 N–H and O–H groups in total. The van der Waals surface area contributed by atoms with Crippen LogP contribution in [-0.2, 0) is 9.53 Å². The zero-order valence-corrected chi connectivity index (χ0v) is 6.57. The van der Waals surface area contributed by atoms with Crippen molar-refractivity contribution in [2.45, 2.75) is 25.2 Å². The number of aliphatic hydroxyl groups excluding tert-OH is 1. The van der Waals surface area contributed by atoms with E-state index < -0.39 is 17.8 Å². The Kier molecular flexibility index (Phi) is 3.44. The van der Waals surface area contributed by atoms with Gasteiger partial charge in [0.25, 0.3) is 0 Å². The van der Waals surface area contributed by atoms with Crippen LogP contribution in [0.5, 0.6) is 0 Å². The Morgan fingerprint density at radius 2 is 2.27 bits per heavy atom. The van der Waals surface area contributed by atoms with E-state index >= 15 is 0 Å². The minimum atomic E-state index is -1.98. The summed E-state index contributed by atoms with van der Waals surface area (Å²) < 4.78 is 4.24. The lowest BCUT2D eigenvalue weighted by Gasteiger charge is -2.25. The average Bonchev–Trinajstić information content (AvgIpc) is 2.01. The van der Waals surface area contributed by atoms with Gasteiger partial charge in [0, 0.05) is 0 Å². The Hall–Kier alpha value is -0.650. The van der Waals surface area contributed by atoms with Crippen LogP contribution in [0.4, 0.5) is 0 Å². The van der Waals surface area contributed by atoms with Crippen molar-refractivity contribution in [1.29, 1.82) is 0 Å². The van der Waals surface area contributed by atoms with Gasteiger partial charge in [0.2, 0.25) is 5.60 Å². The summed E-state index contributed by atoms with van der Waals surface area (Å²) in [5.74, 6) is -0.921. The molecule has 0 fully saturated rings. The fraction of sp³-hybridized carbons (Fsp3) is 0.833. The van der Waals surface area contributed by atoms with Crippen LogP contribution < -0.4 is 5.73 Å². The molecule has 0 aliphatic carbocycles. The highest BCUT2D eigenvalue weighted by molar-refractivity contribution is 5.79. The summed E-state index contributed by atoms with van der Waals surface area (Å²) in [6, 6.07) is 0. The third-order valence-corrected chi connectivity index (χ3v) is 1.57. The van der Waals surface area contributed by atoms with Crippen molar-refractivity contribution >= 4 is 5.97 Å². The van der Waals surface area contributed by atoms with Gasteiger partial charge in [-0.1, -0.05) is 6.92 Å². The van der Waals surface area contributed by atoms with Crippen LogP contribution in [-0.4, -0.2) is 35.1 Å². The molecule has 0 rings (SSSR count). The quantitative estimate of drug-likeness (QED) is 0.350. The summed E-state index contributed by atoms with van der Waals surface area (Å²) in [7, 11) is 1.12. The Balaban J connectivity index is 4.45. The molecule has 11 heavy (non-hydrogen) atoms. The van der Waals surface area contributed by atoms with Gasteiger partial charge in [-0.25, -0.2) is 4.79 Å².